The van der Waals surface area contributed by atoms with Gasteiger partial charge in [-0.3, -0.25) is 25.2 Å². The van der Waals surface area contributed by atoms with Crippen LogP contribution in [-0.4, -0.2) is 24.3 Å². The average molecular weight is 582 g/mol. The maximum absolute atomic E-state index is 11.9. The van der Waals surface area contributed by atoms with Crippen molar-refractivity contribution < 1.29 is 19.1 Å². The van der Waals surface area contributed by atoms with Crippen molar-refractivity contribution in [2.45, 2.75) is 19.8 Å². The summed E-state index contributed by atoms with van der Waals surface area (Å²) >= 11 is 18.5. The van der Waals surface area contributed by atoms with Gasteiger partial charge in [0.2, 0.25) is 11.8 Å². The van der Waals surface area contributed by atoms with E-state index in [1.165, 1.54) is 6.07 Å². The summed E-state index contributed by atoms with van der Waals surface area (Å²) in [5.41, 5.74) is 5.70. The number of halogens is 4. The van der Waals surface area contributed by atoms with Crippen LogP contribution < -0.4 is 20.9 Å². The van der Waals surface area contributed by atoms with Gasteiger partial charge >= 0.3 is 0 Å². The third-order valence-electron chi connectivity index (χ3n) is 3.67. The molecule has 0 aliphatic rings. The van der Waals surface area contributed by atoms with Crippen LogP contribution in [0.2, 0.25) is 10.0 Å². The Kier molecular flexibility index (Phi) is 9.41. The van der Waals surface area contributed by atoms with Gasteiger partial charge in [-0.2, -0.15) is 0 Å². The molecule has 0 bridgehead atoms. The number of rotatable bonds is 7. The quantitative estimate of drug-likeness (QED) is 0.410. The first-order chi connectivity index (χ1) is 14.2. The molecule has 0 spiro atoms. The molecule has 11 heteroatoms. The second-order valence-electron chi connectivity index (χ2n) is 6.09. The van der Waals surface area contributed by atoms with Crippen LogP contribution in [0, 0.1) is 6.92 Å². The number of hydrogen-bond acceptors (Lipinski definition) is 4. The second-order valence-corrected chi connectivity index (χ2v) is 8.70. The SMILES string of the molecule is Cc1cc(Br)cc(Br)c1OCC(=O)NNC(=O)CCC(=O)Nc1ccc(Cl)cc1Cl. The Labute approximate surface area is 200 Å². The number of aryl methyl sites for hydroxylation is 1. The Morgan fingerprint density at radius 3 is 2.30 bits per heavy atom. The molecule has 0 aliphatic heterocycles. The molecule has 0 aliphatic carbocycles. The van der Waals surface area contributed by atoms with Crippen molar-refractivity contribution in [3.05, 3.63) is 54.9 Å². The number of anilines is 1. The van der Waals surface area contributed by atoms with E-state index in [4.69, 9.17) is 27.9 Å². The summed E-state index contributed by atoms with van der Waals surface area (Å²) in [6.07, 6.45) is -0.224. The molecular formula is C19H17Br2Cl2N3O4. The van der Waals surface area contributed by atoms with E-state index in [1.807, 2.05) is 13.0 Å². The number of nitrogens with one attached hydrogen (secondary N) is 3. The maximum atomic E-state index is 11.9. The maximum Gasteiger partial charge on any atom is 0.276 e. The monoisotopic (exact) mass is 579 g/mol. The van der Waals surface area contributed by atoms with Crippen LogP contribution in [0.5, 0.6) is 5.75 Å². The predicted molar refractivity (Wildman–Crippen MR) is 123 cm³/mol. The molecule has 2 aromatic carbocycles. The van der Waals surface area contributed by atoms with Crippen LogP contribution in [0.4, 0.5) is 5.69 Å². The molecule has 0 aromatic heterocycles. The van der Waals surface area contributed by atoms with Gasteiger partial charge in [0.25, 0.3) is 5.91 Å². The number of carbonyl (C=O) groups excluding carboxylic acids is 3. The lowest BCUT2D eigenvalue weighted by Crippen LogP contribution is -2.44. The Hall–Kier alpha value is -1.81. The van der Waals surface area contributed by atoms with Gasteiger partial charge in [-0.15, -0.1) is 0 Å². The Morgan fingerprint density at radius 1 is 0.967 bits per heavy atom. The fraction of sp³-hybridized carbons (Fsp3) is 0.211. The molecule has 2 aromatic rings. The molecule has 2 rings (SSSR count). The van der Waals surface area contributed by atoms with Gasteiger partial charge < -0.3 is 10.1 Å². The molecular weight excluding hydrogens is 565 g/mol. The van der Waals surface area contributed by atoms with E-state index < -0.39 is 17.7 Å². The molecule has 0 atom stereocenters. The fourth-order valence-corrected chi connectivity index (χ4v) is 4.29. The topological polar surface area (TPSA) is 96.5 Å². The van der Waals surface area contributed by atoms with Crippen LogP contribution in [0.15, 0.2) is 39.3 Å². The minimum absolute atomic E-state index is 0.0950. The third kappa shape index (κ3) is 7.79. The van der Waals surface area contributed by atoms with Crippen molar-refractivity contribution in [2.24, 2.45) is 0 Å². The summed E-state index contributed by atoms with van der Waals surface area (Å²) in [6.45, 7) is 1.55. The lowest BCUT2D eigenvalue weighted by Gasteiger charge is -2.12. The smallest absolute Gasteiger partial charge is 0.276 e. The highest BCUT2D eigenvalue weighted by molar-refractivity contribution is 9.11. The number of benzene rings is 2. The van der Waals surface area contributed by atoms with Crippen molar-refractivity contribution in [3.8, 4) is 5.75 Å². The first kappa shape index (κ1) is 24.5. The van der Waals surface area contributed by atoms with E-state index in [1.54, 1.807) is 18.2 Å². The van der Waals surface area contributed by atoms with Crippen molar-refractivity contribution >= 4 is 78.5 Å². The summed E-state index contributed by atoms with van der Waals surface area (Å²) < 4.78 is 7.05. The summed E-state index contributed by atoms with van der Waals surface area (Å²) in [5.74, 6) is -0.950. The summed E-state index contributed by atoms with van der Waals surface area (Å²) in [4.78, 5) is 35.6. The predicted octanol–water partition coefficient (Wildman–Crippen LogP) is 4.77. The van der Waals surface area contributed by atoms with Gasteiger partial charge in [0.15, 0.2) is 6.61 Å². The van der Waals surface area contributed by atoms with E-state index in [2.05, 4.69) is 48.0 Å². The van der Waals surface area contributed by atoms with E-state index in [9.17, 15) is 14.4 Å². The Morgan fingerprint density at radius 2 is 1.63 bits per heavy atom. The summed E-state index contributed by atoms with van der Waals surface area (Å²) in [5, 5.41) is 3.32. The molecule has 0 heterocycles. The van der Waals surface area contributed by atoms with Crippen LogP contribution in [-0.2, 0) is 14.4 Å². The molecule has 0 radical (unpaired) electrons. The second kappa shape index (κ2) is 11.5. The van der Waals surface area contributed by atoms with E-state index >= 15 is 0 Å². The van der Waals surface area contributed by atoms with Crippen LogP contribution in [0.25, 0.3) is 0 Å². The zero-order valence-corrected chi connectivity index (χ0v) is 20.3. The lowest BCUT2D eigenvalue weighted by atomic mass is 10.2. The highest BCUT2D eigenvalue weighted by atomic mass is 79.9. The minimum Gasteiger partial charge on any atom is -0.482 e. The molecule has 0 saturated carbocycles. The highest BCUT2D eigenvalue weighted by Crippen LogP contribution is 2.32. The number of ether oxygens (including phenoxy) is 1. The van der Waals surface area contributed by atoms with Crippen molar-refractivity contribution in [1.82, 2.24) is 10.9 Å². The van der Waals surface area contributed by atoms with Crippen molar-refractivity contribution in [3.63, 3.8) is 0 Å². The zero-order valence-electron chi connectivity index (χ0n) is 15.7. The number of hydrogen-bond donors (Lipinski definition) is 3. The number of hydrazine groups is 1. The van der Waals surface area contributed by atoms with E-state index in [0.717, 1.165) is 10.0 Å². The number of carbonyl (C=O) groups is 3. The third-order valence-corrected chi connectivity index (χ3v) is 5.26. The minimum atomic E-state index is -0.546. The first-order valence-corrected chi connectivity index (χ1v) is 10.9. The molecule has 0 saturated heterocycles. The van der Waals surface area contributed by atoms with Crippen molar-refractivity contribution in [2.75, 3.05) is 11.9 Å². The Bertz CT molecular complexity index is 950. The van der Waals surface area contributed by atoms with Crippen molar-refractivity contribution in [1.29, 1.82) is 0 Å². The van der Waals surface area contributed by atoms with Crippen LogP contribution >= 0.6 is 55.1 Å². The lowest BCUT2D eigenvalue weighted by molar-refractivity contribution is -0.130. The molecule has 160 valence electrons. The van der Waals surface area contributed by atoms with E-state index in [0.29, 0.717) is 26.0 Å². The average Bonchev–Trinajstić information content (AvgIpc) is 2.66. The Balaban J connectivity index is 1.71. The highest BCUT2D eigenvalue weighted by Gasteiger charge is 2.12. The standard InChI is InChI=1S/C19H17Br2Cl2N3O4/c1-10-6-11(20)7-13(21)19(10)30-9-18(29)26-25-17(28)5-4-16(27)24-15-3-2-12(22)8-14(15)23/h2-3,6-8H,4-5,9H2,1H3,(H,24,27)(H,25,28)(H,26,29). The van der Waals surface area contributed by atoms with Crippen LogP contribution in [0.3, 0.4) is 0 Å². The molecule has 0 fully saturated rings. The van der Waals surface area contributed by atoms with Gasteiger partial charge in [0.05, 0.1) is 15.2 Å². The van der Waals surface area contributed by atoms with Crippen LogP contribution in [0.1, 0.15) is 18.4 Å². The molecule has 30 heavy (non-hydrogen) atoms. The first-order valence-electron chi connectivity index (χ1n) is 8.56. The van der Waals surface area contributed by atoms with Gasteiger partial charge in [0, 0.05) is 22.3 Å². The van der Waals surface area contributed by atoms with Gasteiger partial charge in [-0.05, 0) is 58.7 Å². The molecule has 3 N–H and O–H groups in total. The number of amides is 3. The molecule has 3 amide bonds. The zero-order chi connectivity index (χ0) is 22.3. The van der Waals surface area contributed by atoms with Gasteiger partial charge in [-0.1, -0.05) is 39.1 Å². The van der Waals surface area contributed by atoms with Gasteiger partial charge in [0.1, 0.15) is 5.75 Å². The summed E-state index contributed by atoms with van der Waals surface area (Å²) in [6, 6.07) is 8.29. The molecule has 7 nitrogen and oxygen atoms in total. The largest absolute Gasteiger partial charge is 0.482 e. The molecule has 0 unspecified atom stereocenters. The van der Waals surface area contributed by atoms with E-state index in [-0.39, 0.29) is 19.4 Å². The fourth-order valence-electron chi connectivity index (χ4n) is 2.28. The summed E-state index contributed by atoms with van der Waals surface area (Å²) in [7, 11) is 0. The van der Waals surface area contributed by atoms with Gasteiger partial charge in [-0.25, -0.2) is 0 Å². The normalized spacial score (nSPS) is 10.3.